The van der Waals surface area contributed by atoms with Crippen molar-refractivity contribution in [1.82, 2.24) is 5.32 Å². The molecule has 0 saturated heterocycles. The maximum absolute atomic E-state index is 12.4. The van der Waals surface area contributed by atoms with E-state index < -0.39 is 12.0 Å². The standard InChI is InChI=1S/C15H21NO4/c1-11-4-6-12(7-5-11)15(18)13(10-14(17)20-3)16-8-9-19-2/h4-7,13,16H,8-10H2,1-3H3. The van der Waals surface area contributed by atoms with Crippen LogP contribution in [0.4, 0.5) is 0 Å². The van der Waals surface area contributed by atoms with E-state index >= 15 is 0 Å². The van der Waals surface area contributed by atoms with Crippen LogP contribution in [-0.4, -0.2) is 45.2 Å². The number of hydrogen-bond donors (Lipinski definition) is 1. The largest absolute Gasteiger partial charge is 0.469 e. The minimum atomic E-state index is -0.597. The highest BCUT2D eigenvalue weighted by Gasteiger charge is 2.22. The Labute approximate surface area is 119 Å². The first-order valence-corrected chi connectivity index (χ1v) is 6.48. The van der Waals surface area contributed by atoms with Crippen LogP contribution in [0, 0.1) is 6.92 Å². The third kappa shape index (κ3) is 5.11. The number of carbonyl (C=O) groups is 2. The predicted molar refractivity (Wildman–Crippen MR) is 75.8 cm³/mol. The highest BCUT2D eigenvalue weighted by Crippen LogP contribution is 2.09. The van der Waals surface area contributed by atoms with Gasteiger partial charge in [0.15, 0.2) is 5.78 Å². The van der Waals surface area contributed by atoms with Crippen molar-refractivity contribution in [3.8, 4) is 0 Å². The van der Waals surface area contributed by atoms with E-state index in [1.807, 2.05) is 19.1 Å². The minimum absolute atomic E-state index is 0.00687. The van der Waals surface area contributed by atoms with Gasteiger partial charge in [0.1, 0.15) is 0 Å². The highest BCUT2D eigenvalue weighted by molar-refractivity contribution is 6.01. The molecular formula is C15H21NO4. The van der Waals surface area contributed by atoms with Crippen molar-refractivity contribution in [2.75, 3.05) is 27.4 Å². The SMILES string of the molecule is COCCNC(CC(=O)OC)C(=O)c1ccc(C)cc1. The molecule has 0 saturated carbocycles. The van der Waals surface area contributed by atoms with E-state index in [-0.39, 0.29) is 12.2 Å². The number of Topliss-reactive ketones (excluding diaryl/α,β-unsaturated/α-hetero) is 1. The summed E-state index contributed by atoms with van der Waals surface area (Å²) in [5.41, 5.74) is 1.66. The van der Waals surface area contributed by atoms with E-state index in [9.17, 15) is 9.59 Å². The summed E-state index contributed by atoms with van der Waals surface area (Å²) in [4.78, 5) is 23.8. The lowest BCUT2D eigenvalue weighted by Gasteiger charge is -2.16. The van der Waals surface area contributed by atoms with Gasteiger partial charge in [-0.05, 0) is 6.92 Å². The number of methoxy groups -OCH3 is 2. The molecule has 1 aromatic carbocycles. The van der Waals surface area contributed by atoms with Gasteiger partial charge in [0, 0.05) is 19.2 Å². The molecule has 0 fully saturated rings. The molecule has 0 aliphatic carbocycles. The zero-order valence-corrected chi connectivity index (χ0v) is 12.1. The Morgan fingerprint density at radius 2 is 1.85 bits per heavy atom. The summed E-state index contributed by atoms with van der Waals surface area (Å²) in [6.45, 7) is 2.92. The van der Waals surface area contributed by atoms with Gasteiger partial charge >= 0.3 is 5.97 Å². The van der Waals surface area contributed by atoms with Crippen molar-refractivity contribution in [3.63, 3.8) is 0 Å². The van der Waals surface area contributed by atoms with Crippen LogP contribution >= 0.6 is 0 Å². The molecule has 110 valence electrons. The number of esters is 1. The summed E-state index contributed by atoms with van der Waals surface area (Å²) < 4.78 is 9.56. The fraction of sp³-hybridized carbons (Fsp3) is 0.467. The lowest BCUT2D eigenvalue weighted by molar-refractivity contribution is -0.141. The molecule has 0 aliphatic heterocycles. The lowest BCUT2D eigenvalue weighted by Crippen LogP contribution is -2.40. The smallest absolute Gasteiger partial charge is 0.307 e. The number of nitrogens with one attached hydrogen (secondary N) is 1. The molecule has 0 aliphatic rings. The first-order valence-electron chi connectivity index (χ1n) is 6.48. The molecule has 0 radical (unpaired) electrons. The lowest BCUT2D eigenvalue weighted by atomic mass is 10.0. The molecule has 1 atom stereocenters. The number of ketones is 1. The van der Waals surface area contributed by atoms with E-state index in [1.54, 1.807) is 19.2 Å². The summed E-state index contributed by atoms with van der Waals surface area (Å²) >= 11 is 0. The van der Waals surface area contributed by atoms with Crippen molar-refractivity contribution in [1.29, 1.82) is 0 Å². The van der Waals surface area contributed by atoms with Crippen molar-refractivity contribution in [2.45, 2.75) is 19.4 Å². The molecule has 0 heterocycles. The topological polar surface area (TPSA) is 64.6 Å². The summed E-state index contributed by atoms with van der Waals surface area (Å²) in [5.74, 6) is -0.535. The van der Waals surface area contributed by atoms with E-state index in [0.717, 1.165) is 5.56 Å². The number of benzene rings is 1. The van der Waals surface area contributed by atoms with Crippen molar-refractivity contribution >= 4 is 11.8 Å². The minimum Gasteiger partial charge on any atom is -0.469 e. The van der Waals surface area contributed by atoms with Gasteiger partial charge in [-0.3, -0.25) is 9.59 Å². The van der Waals surface area contributed by atoms with Gasteiger partial charge in [0.2, 0.25) is 0 Å². The van der Waals surface area contributed by atoms with Crippen LogP contribution in [0.2, 0.25) is 0 Å². The first kappa shape index (κ1) is 16.3. The molecule has 5 heteroatoms. The Bertz CT molecular complexity index is 442. The van der Waals surface area contributed by atoms with Crippen LogP contribution in [0.3, 0.4) is 0 Å². The van der Waals surface area contributed by atoms with E-state index in [2.05, 4.69) is 10.1 Å². The van der Waals surface area contributed by atoms with E-state index in [1.165, 1.54) is 7.11 Å². The summed E-state index contributed by atoms with van der Waals surface area (Å²) in [5, 5.41) is 3.02. The van der Waals surface area contributed by atoms with Crippen LogP contribution in [0.5, 0.6) is 0 Å². The van der Waals surface area contributed by atoms with Gasteiger partial charge in [-0.15, -0.1) is 0 Å². The number of rotatable bonds is 8. The quantitative estimate of drug-likeness (QED) is 0.442. The Morgan fingerprint density at radius 3 is 2.40 bits per heavy atom. The molecule has 0 spiro atoms. The average molecular weight is 279 g/mol. The number of ether oxygens (including phenoxy) is 2. The van der Waals surface area contributed by atoms with Gasteiger partial charge in [-0.1, -0.05) is 29.8 Å². The number of aryl methyl sites for hydroxylation is 1. The third-order valence-corrected chi connectivity index (χ3v) is 2.95. The summed E-state index contributed by atoms with van der Waals surface area (Å²) in [6.07, 6.45) is 0.00687. The summed E-state index contributed by atoms with van der Waals surface area (Å²) in [6, 6.07) is 6.68. The van der Waals surface area contributed by atoms with Gasteiger partial charge in [-0.25, -0.2) is 0 Å². The van der Waals surface area contributed by atoms with Crippen LogP contribution in [-0.2, 0) is 14.3 Å². The molecular weight excluding hydrogens is 258 g/mol. The first-order chi connectivity index (χ1) is 9.58. The second-order valence-electron chi connectivity index (χ2n) is 4.51. The van der Waals surface area contributed by atoms with Crippen LogP contribution in [0.1, 0.15) is 22.3 Å². The zero-order valence-electron chi connectivity index (χ0n) is 12.1. The average Bonchev–Trinajstić information content (AvgIpc) is 2.46. The van der Waals surface area contributed by atoms with Gasteiger partial charge in [0.25, 0.3) is 0 Å². The Kier molecular flexibility index (Phi) is 6.90. The molecule has 5 nitrogen and oxygen atoms in total. The van der Waals surface area contributed by atoms with Gasteiger partial charge in [-0.2, -0.15) is 0 Å². The van der Waals surface area contributed by atoms with Crippen molar-refractivity contribution in [3.05, 3.63) is 35.4 Å². The Morgan fingerprint density at radius 1 is 1.20 bits per heavy atom. The van der Waals surface area contributed by atoms with Crippen molar-refractivity contribution < 1.29 is 19.1 Å². The van der Waals surface area contributed by atoms with Gasteiger partial charge in [0.05, 0.1) is 26.2 Å². The third-order valence-electron chi connectivity index (χ3n) is 2.95. The van der Waals surface area contributed by atoms with E-state index in [0.29, 0.717) is 18.7 Å². The van der Waals surface area contributed by atoms with Gasteiger partial charge < -0.3 is 14.8 Å². The fourth-order valence-electron chi connectivity index (χ4n) is 1.76. The molecule has 1 aromatic rings. The van der Waals surface area contributed by atoms with Crippen molar-refractivity contribution in [2.24, 2.45) is 0 Å². The monoisotopic (exact) mass is 279 g/mol. The highest BCUT2D eigenvalue weighted by atomic mass is 16.5. The number of hydrogen-bond acceptors (Lipinski definition) is 5. The molecule has 1 unspecified atom stereocenters. The Balaban J connectivity index is 2.76. The normalized spacial score (nSPS) is 11.9. The number of carbonyl (C=O) groups excluding carboxylic acids is 2. The second-order valence-corrected chi connectivity index (χ2v) is 4.51. The maximum atomic E-state index is 12.4. The summed E-state index contributed by atoms with van der Waals surface area (Å²) in [7, 11) is 2.89. The molecule has 0 aromatic heterocycles. The van der Waals surface area contributed by atoms with Crippen LogP contribution in [0.25, 0.3) is 0 Å². The van der Waals surface area contributed by atoms with E-state index in [4.69, 9.17) is 4.74 Å². The maximum Gasteiger partial charge on any atom is 0.307 e. The predicted octanol–water partition coefficient (Wildman–Crippen LogP) is 1.35. The Hall–Kier alpha value is -1.72. The zero-order chi connectivity index (χ0) is 15.0. The molecule has 0 bridgehead atoms. The van der Waals surface area contributed by atoms with Crippen LogP contribution in [0.15, 0.2) is 24.3 Å². The fourth-order valence-corrected chi connectivity index (χ4v) is 1.76. The molecule has 0 amide bonds. The molecule has 1 rings (SSSR count). The van der Waals surface area contributed by atoms with Crippen LogP contribution < -0.4 is 5.32 Å². The molecule has 1 N–H and O–H groups in total. The molecule has 20 heavy (non-hydrogen) atoms. The second kappa shape index (κ2) is 8.45.